The molecule has 0 aliphatic carbocycles. The van der Waals surface area contributed by atoms with E-state index < -0.39 is 41.7 Å². The summed E-state index contributed by atoms with van der Waals surface area (Å²) in [5, 5.41) is 12.3. The van der Waals surface area contributed by atoms with Gasteiger partial charge in [-0.05, 0) is 30.7 Å². The molecule has 5 amide bonds. The van der Waals surface area contributed by atoms with Crippen molar-refractivity contribution in [1.82, 2.24) is 34.6 Å². The molecule has 2 aliphatic rings. The molecule has 44 heavy (non-hydrogen) atoms. The summed E-state index contributed by atoms with van der Waals surface area (Å²) in [6.45, 7) is 1.60. The fourth-order valence-electron chi connectivity index (χ4n) is 4.98. The fourth-order valence-corrected chi connectivity index (χ4v) is 5.11. The first-order chi connectivity index (χ1) is 20.8. The number of hydrogen-bond donors (Lipinski definition) is 2. The molecule has 1 aromatic carbocycles. The van der Waals surface area contributed by atoms with Crippen molar-refractivity contribution in [3.8, 4) is 0 Å². The third-order valence-corrected chi connectivity index (χ3v) is 7.73. The summed E-state index contributed by atoms with van der Waals surface area (Å²) in [5.41, 5.74) is -1.76. The monoisotopic (exact) mass is 628 g/mol. The number of fused-ring (bicyclic) bond motifs is 1. The number of carboxylic acid groups (broad SMARTS) is 1. The second-order valence-electron chi connectivity index (χ2n) is 11.0. The summed E-state index contributed by atoms with van der Waals surface area (Å²) in [6.07, 6.45) is 0.176. The Labute approximate surface area is 255 Å². The van der Waals surface area contributed by atoms with Gasteiger partial charge >= 0.3 is 12.1 Å². The van der Waals surface area contributed by atoms with Gasteiger partial charge in [0.1, 0.15) is 23.3 Å². The van der Waals surface area contributed by atoms with E-state index in [0.717, 1.165) is 15.0 Å². The second kappa shape index (κ2) is 12.1. The Morgan fingerprint density at radius 3 is 2.52 bits per heavy atom. The highest BCUT2D eigenvalue weighted by atomic mass is 35.5. The van der Waals surface area contributed by atoms with Gasteiger partial charge in [0, 0.05) is 44.8 Å². The number of halogens is 2. The van der Waals surface area contributed by atoms with Gasteiger partial charge in [-0.25, -0.2) is 23.9 Å². The maximum atomic E-state index is 14.1. The molecule has 4 heterocycles. The number of alkyl halides is 1. The SMILES string of the molecule is CN(CCN1CCN(c2cnc3c(cc(C(=O)NCc4ccc(Cl)cc4)c(=O)n3CC(=O)N3CC(C)(F)C3)n2)C1=O)C(=O)O. The quantitative estimate of drug-likeness (QED) is 0.363. The van der Waals surface area contributed by atoms with Crippen LogP contribution in [0.2, 0.25) is 5.02 Å². The lowest BCUT2D eigenvalue weighted by molar-refractivity contribution is -0.144. The molecule has 2 saturated heterocycles. The van der Waals surface area contributed by atoms with Gasteiger partial charge in [0.15, 0.2) is 11.5 Å². The van der Waals surface area contributed by atoms with Crippen LogP contribution in [-0.2, 0) is 17.9 Å². The average molecular weight is 629 g/mol. The summed E-state index contributed by atoms with van der Waals surface area (Å²) in [7, 11) is 1.40. The van der Waals surface area contributed by atoms with Crippen LogP contribution in [0.3, 0.4) is 0 Å². The number of amides is 5. The fraction of sp³-hybridized carbons (Fsp3) is 0.393. The molecule has 2 fully saturated rings. The Kier molecular flexibility index (Phi) is 8.41. The Morgan fingerprint density at radius 1 is 1.16 bits per heavy atom. The van der Waals surface area contributed by atoms with Crippen molar-refractivity contribution in [2.75, 3.05) is 51.2 Å². The number of pyridine rings is 1. The molecule has 2 aliphatic heterocycles. The number of carbonyl (C=O) groups excluding carboxylic acids is 3. The van der Waals surface area contributed by atoms with Crippen LogP contribution in [-0.4, -0.2) is 110 Å². The normalized spacial score (nSPS) is 15.8. The molecular weight excluding hydrogens is 599 g/mol. The van der Waals surface area contributed by atoms with Crippen molar-refractivity contribution < 1.29 is 28.7 Å². The highest BCUT2D eigenvalue weighted by Crippen LogP contribution is 2.25. The van der Waals surface area contributed by atoms with Gasteiger partial charge in [-0.2, -0.15) is 0 Å². The van der Waals surface area contributed by atoms with E-state index in [1.165, 1.54) is 40.9 Å². The molecule has 0 saturated carbocycles. The number of rotatable bonds is 9. The van der Waals surface area contributed by atoms with E-state index in [9.17, 15) is 28.4 Å². The van der Waals surface area contributed by atoms with Gasteiger partial charge in [0.05, 0.1) is 19.3 Å². The number of likely N-dealkylation sites (tertiary alicyclic amines) is 1. The predicted molar refractivity (Wildman–Crippen MR) is 157 cm³/mol. The number of anilines is 1. The van der Waals surface area contributed by atoms with E-state index in [4.69, 9.17) is 16.7 Å². The summed E-state index contributed by atoms with van der Waals surface area (Å²) in [5.74, 6) is -1.09. The molecule has 232 valence electrons. The average Bonchev–Trinajstić information content (AvgIpc) is 3.34. The molecule has 0 atom stereocenters. The zero-order chi connectivity index (χ0) is 31.8. The van der Waals surface area contributed by atoms with E-state index in [1.54, 1.807) is 24.3 Å². The molecule has 0 bridgehead atoms. The molecule has 5 rings (SSSR count). The van der Waals surface area contributed by atoms with Crippen LogP contribution < -0.4 is 15.8 Å². The van der Waals surface area contributed by atoms with Crippen LogP contribution in [0.15, 0.2) is 41.3 Å². The summed E-state index contributed by atoms with van der Waals surface area (Å²) in [6, 6.07) is 7.62. The number of nitrogens with zero attached hydrogens (tertiary/aromatic N) is 7. The van der Waals surface area contributed by atoms with Crippen LogP contribution in [0.5, 0.6) is 0 Å². The molecular formula is C28H30ClFN8O6. The maximum absolute atomic E-state index is 14.1. The van der Waals surface area contributed by atoms with Crippen LogP contribution in [0.25, 0.3) is 11.2 Å². The van der Waals surface area contributed by atoms with E-state index in [-0.39, 0.29) is 61.8 Å². The Hall–Kier alpha value is -4.79. The second-order valence-corrected chi connectivity index (χ2v) is 11.4. The van der Waals surface area contributed by atoms with E-state index in [2.05, 4.69) is 15.3 Å². The summed E-state index contributed by atoms with van der Waals surface area (Å²) >= 11 is 5.93. The number of likely N-dealkylation sites (N-methyl/N-ethyl adjacent to an activating group) is 1. The zero-order valence-electron chi connectivity index (χ0n) is 24.0. The molecule has 0 radical (unpaired) electrons. The van der Waals surface area contributed by atoms with Crippen molar-refractivity contribution in [3.05, 3.63) is 63.0 Å². The van der Waals surface area contributed by atoms with Crippen molar-refractivity contribution in [2.24, 2.45) is 0 Å². The van der Waals surface area contributed by atoms with Crippen molar-refractivity contribution in [3.63, 3.8) is 0 Å². The van der Waals surface area contributed by atoms with Gasteiger partial charge in [-0.3, -0.25) is 23.9 Å². The lowest BCUT2D eigenvalue weighted by Gasteiger charge is -2.42. The summed E-state index contributed by atoms with van der Waals surface area (Å²) in [4.78, 5) is 77.9. The lowest BCUT2D eigenvalue weighted by Crippen LogP contribution is -2.60. The number of nitrogens with one attached hydrogen (secondary N) is 1. The summed E-state index contributed by atoms with van der Waals surface area (Å²) < 4.78 is 15.1. The number of benzene rings is 1. The first kappa shape index (κ1) is 30.7. The van der Waals surface area contributed by atoms with Gasteiger partial charge in [0.2, 0.25) is 5.91 Å². The Balaban J connectivity index is 1.44. The number of carbonyl (C=O) groups is 4. The first-order valence-corrected chi connectivity index (χ1v) is 14.1. The largest absolute Gasteiger partial charge is 0.465 e. The lowest BCUT2D eigenvalue weighted by atomic mass is 9.99. The Bertz CT molecular complexity index is 1690. The van der Waals surface area contributed by atoms with Gasteiger partial charge in [-0.15, -0.1) is 0 Å². The zero-order valence-corrected chi connectivity index (χ0v) is 24.8. The van der Waals surface area contributed by atoms with Crippen LogP contribution in [0.1, 0.15) is 22.8 Å². The maximum Gasteiger partial charge on any atom is 0.407 e. The standard InChI is InChI=1S/C28H30ClFN8O6/c1-28(30)15-36(16-28)22(39)14-38-23-20(11-19(25(38)41)24(40)32-12-17-3-5-18(29)6-4-17)33-21(13-31-23)37-10-9-35(26(37)42)8-7-34(2)27(43)44/h3-6,11,13H,7-10,12,14-16H2,1-2H3,(H,32,40)(H,43,44). The van der Waals surface area contributed by atoms with Crippen molar-refractivity contribution in [2.45, 2.75) is 25.7 Å². The third kappa shape index (κ3) is 6.41. The number of hydrogen-bond acceptors (Lipinski definition) is 7. The van der Waals surface area contributed by atoms with Gasteiger partial charge in [0.25, 0.3) is 11.5 Å². The molecule has 0 unspecified atom stereocenters. The van der Waals surface area contributed by atoms with Gasteiger partial charge < -0.3 is 25.1 Å². The minimum atomic E-state index is -1.51. The van der Waals surface area contributed by atoms with Crippen molar-refractivity contribution in [1.29, 1.82) is 0 Å². The van der Waals surface area contributed by atoms with E-state index in [1.807, 2.05) is 0 Å². The third-order valence-electron chi connectivity index (χ3n) is 7.48. The van der Waals surface area contributed by atoms with Crippen molar-refractivity contribution >= 4 is 52.5 Å². The van der Waals surface area contributed by atoms with Crippen LogP contribution in [0.4, 0.5) is 19.8 Å². The highest BCUT2D eigenvalue weighted by Gasteiger charge is 2.41. The molecule has 14 nitrogen and oxygen atoms in total. The van der Waals surface area contributed by atoms with E-state index >= 15 is 0 Å². The molecule has 2 aromatic heterocycles. The topological polar surface area (TPSA) is 161 Å². The smallest absolute Gasteiger partial charge is 0.407 e. The van der Waals surface area contributed by atoms with Gasteiger partial charge in [-0.1, -0.05) is 23.7 Å². The van der Waals surface area contributed by atoms with E-state index in [0.29, 0.717) is 11.6 Å². The number of aromatic nitrogens is 3. The minimum Gasteiger partial charge on any atom is -0.465 e. The molecule has 3 aromatic rings. The molecule has 0 spiro atoms. The van der Waals surface area contributed by atoms with Crippen LogP contribution in [0, 0.1) is 0 Å². The minimum absolute atomic E-state index is 0.0106. The predicted octanol–water partition coefficient (Wildman–Crippen LogP) is 1.80. The van der Waals surface area contributed by atoms with Crippen LogP contribution >= 0.6 is 11.6 Å². The highest BCUT2D eigenvalue weighted by molar-refractivity contribution is 6.30. The molecule has 2 N–H and O–H groups in total. The Morgan fingerprint density at radius 2 is 1.86 bits per heavy atom. The number of urea groups is 1. The molecule has 16 heteroatoms. The first-order valence-electron chi connectivity index (χ1n) is 13.7.